The summed E-state index contributed by atoms with van der Waals surface area (Å²) in [7, 11) is 0. The Labute approximate surface area is 96.2 Å². The van der Waals surface area contributed by atoms with Gasteiger partial charge in [-0.25, -0.2) is 0 Å². The molecule has 2 aromatic rings. The predicted molar refractivity (Wildman–Crippen MR) is 61.6 cm³/mol. The Balaban J connectivity index is 0.000000980. The molecular weight excluding hydrogens is 267 g/mol. The molecule has 3 nitrogen and oxygen atoms in total. The number of hydrogen-bond acceptors (Lipinski definition) is 3. The number of fused-ring (bicyclic) bond motifs is 1. The Morgan fingerprint density at radius 3 is 2.86 bits per heavy atom. The van der Waals surface area contributed by atoms with Crippen LogP contribution < -0.4 is 5.73 Å². The summed E-state index contributed by atoms with van der Waals surface area (Å²) in [5.41, 5.74) is 7.31. The second kappa shape index (κ2) is 4.29. The fourth-order valence-corrected chi connectivity index (χ4v) is 1.62. The smallest absolute Gasteiger partial charge is 0.167 e. The van der Waals surface area contributed by atoms with Crippen LogP contribution in [-0.2, 0) is 0 Å². The molecule has 0 radical (unpaired) electrons. The Kier molecular flexibility index (Phi) is 3.53. The van der Waals surface area contributed by atoms with Gasteiger partial charge in [0.25, 0.3) is 0 Å². The van der Waals surface area contributed by atoms with Crippen molar-refractivity contribution in [3.63, 3.8) is 0 Å². The highest BCUT2D eigenvalue weighted by molar-refractivity contribution is 9.10. The normalized spacial score (nSPS) is 12.5. The molecule has 0 saturated carbocycles. The Morgan fingerprint density at radius 1 is 1.50 bits per heavy atom. The topological polar surface area (TPSA) is 52.0 Å². The molecule has 5 heteroatoms. The highest BCUT2D eigenvalue weighted by atomic mass is 79.9. The molecule has 1 unspecified atom stereocenters. The molecule has 0 bridgehead atoms. The summed E-state index contributed by atoms with van der Waals surface area (Å²) in [6, 6.07) is 5.65. The largest absolute Gasteiger partial charge is 0.356 e. The van der Waals surface area contributed by atoms with Crippen LogP contribution in [-0.4, -0.2) is 5.16 Å². The highest BCUT2D eigenvalue weighted by Crippen LogP contribution is 2.25. The zero-order valence-electron chi connectivity index (χ0n) is 7.53. The average molecular weight is 278 g/mol. The molecule has 0 amide bonds. The Morgan fingerprint density at radius 2 is 2.21 bits per heavy atom. The van der Waals surface area contributed by atoms with Gasteiger partial charge in [-0.15, -0.1) is 12.4 Å². The van der Waals surface area contributed by atoms with Crippen molar-refractivity contribution >= 4 is 39.3 Å². The lowest BCUT2D eigenvalue weighted by Gasteiger charge is -1.98. The van der Waals surface area contributed by atoms with Crippen molar-refractivity contribution in [2.45, 2.75) is 13.0 Å². The van der Waals surface area contributed by atoms with Crippen molar-refractivity contribution < 1.29 is 4.52 Å². The van der Waals surface area contributed by atoms with Crippen LogP contribution in [0, 0.1) is 0 Å². The van der Waals surface area contributed by atoms with E-state index in [9.17, 15) is 0 Å². The predicted octanol–water partition coefficient (Wildman–Crippen LogP) is 3.03. The zero-order chi connectivity index (χ0) is 9.42. The van der Waals surface area contributed by atoms with Crippen LogP contribution in [0.15, 0.2) is 27.2 Å². The third kappa shape index (κ3) is 1.92. The minimum absolute atomic E-state index is 0. The Hall–Kier alpha value is -0.580. The molecule has 0 aliphatic carbocycles. The monoisotopic (exact) mass is 276 g/mol. The van der Waals surface area contributed by atoms with Crippen molar-refractivity contribution in [3.8, 4) is 0 Å². The summed E-state index contributed by atoms with van der Waals surface area (Å²) in [5, 5.41) is 4.89. The van der Waals surface area contributed by atoms with Crippen LogP contribution in [0.5, 0.6) is 0 Å². The number of halogens is 2. The van der Waals surface area contributed by atoms with Gasteiger partial charge in [-0.2, -0.15) is 0 Å². The molecule has 76 valence electrons. The van der Waals surface area contributed by atoms with Gasteiger partial charge in [-0.1, -0.05) is 21.1 Å². The zero-order valence-corrected chi connectivity index (χ0v) is 9.93. The molecular formula is C9H10BrClN2O. The van der Waals surface area contributed by atoms with Crippen molar-refractivity contribution in [3.05, 3.63) is 28.4 Å². The van der Waals surface area contributed by atoms with Crippen LogP contribution in [0.1, 0.15) is 18.7 Å². The number of benzene rings is 1. The molecule has 1 atom stereocenters. The number of nitrogens with two attached hydrogens (primary N) is 1. The van der Waals surface area contributed by atoms with Gasteiger partial charge in [0, 0.05) is 15.9 Å². The van der Waals surface area contributed by atoms with E-state index in [1.54, 1.807) is 0 Å². The molecule has 0 aliphatic rings. The number of hydrogen-bond donors (Lipinski definition) is 1. The van der Waals surface area contributed by atoms with E-state index < -0.39 is 0 Å². The summed E-state index contributed by atoms with van der Waals surface area (Å²) < 4.78 is 6.12. The number of rotatable bonds is 1. The molecule has 2 N–H and O–H groups in total. The Bertz CT molecular complexity index is 441. The van der Waals surface area contributed by atoms with E-state index >= 15 is 0 Å². The van der Waals surface area contributed by atoms with E-state index in [0.29, 0.717) is 0 Å². The fourth-order valence-electron chi connectivity index (χ4n) is 1.26. The molecule has 0 saturated heterocycles. The van der Waals surface area contributed by atoms with Gasteiger partial charge >= 0.3 is 0 Å². The lowest BCUT2D eigenvalue weighted by Crippen LogP contribution is -2.05. The summed E-state index contributed by atoms with van der Waals surface area (Å²) in [6.07, 6.45) is 0. The summed E-state index contributed by atoms with van der Waals surface area (Å²) in [4.78, 5) is 0. The van der Waals surface area contributed by atoms with Crippen molar-refractivity contribution in [1.29, 1.82) is 0 Å². The van der Waals surface area contributed by atoms with Gasteiger partial charge in [0.1, 0.15) is 5.69 Å². The van der Waals surface area contributed by atoms with E-state index in [-0.39, 0.29) is 18.4 Å². The molecule has 2 rings (SSSR count). The van der Waals surface area contributed by atoms with Gasteiger partial charge in [0.15, 0.2) is 5.58 Å². The van der Waals surface area contributed by atoms with Crippen molar-refractivity contribution in [2.24, 2.45) is 5.73 Å². The van der Waals surface area contributed by atoms with Crippen LogP contribution in [0.4, 0.5) is 0 Å². The number of nitrogens with zero attached hydrogens (tertiary/aromatic N) is 1. The third-order valence-corrected chi connectivity index (χ3v) is 2.38. The summed E-state index contributed by atoms with van der Waals surface area (Å²) >= 11 is 3.39. The lowest BCUT2D eigenvalue weighted by atomic mass is 10.1. The van der Waals surface area contributed by atoms with Gasteiger partial charge in [-0.05, 0) is 25.1 Å². The summed E-state index contributed by atoms with van der Waals surface area (Å²) in [5.74, 6) is 0. The SMILES string of the molecule is CC(N)c1noc2ccc(Br)cc12.Cl. The maximum Gasteiger partial charge on any atom is 0.167 e. The van der Waals surface area contributed by atoms with E-state index in [1.165, 1.54) is 0 Å². The van der Waals surface area contributed by atoms with Gasteiger partial charge in [0.2, 0.25) is 0 Å². The second-order valence-corrected chi connectivity index (χ2v) is 3.91. The second-order valence-electron chi connectivity index (χ2n) is 3.00. The van der Waals surface area contributed by atoms with Crippen LogP contribution in [0.25, 0.3) is 11.0 Å². The van der Waals surface area contributed by atoms with Crippen LogP contribution >= 0.6 is 28.3 Å². The minimum Gasteiger partial charge on any atom is -0.356 e. The quantitative estimate of drug-likeness (QED) is 0.871. The van der Waals surface area contributed by atoms with E-state index in [4.69, 9.17) is 10.3 Å². The van der Waals surface area contributed by atoms with Crippen LogP contribution in [0.3, 0.4) is 0 Å². The van der Waals surface area contributed by atoms with Crippen molar-refractivity contribution in [2.75, 3.05) is 0 Å². The maximum atomic E-state index is 5.74. The highest BCUT2D eigenvalue weighted by Gasteiger charge is 2.11. The molecule has 0 spiro atoms. The molecule has 14 heavy (non-hydrogen) atoms. The van der Waals surface area contributed by atoms with Gasteiger partial charge in [-0.3, -0.25) is 0 Å². The first-order valence-electron chi connectivity index (χ1n) is 3.99. The maximum absolute atomic E-state index is 5.74. The lowest BCUT2D eigenvalue weighted by molar-refractivity contribution is 0.440. The standard InChI is InChI=1S/C9H9BrN2O.ClH/c1-5(11)9-7-4-6(10)2-3-8(7)13-12-9;/h2-5H,11H2,1H3;1H. The first kappa shape index (κ1) is 11.5. The first-order chi connectivity index (χ1) is 6.18. The van der Waals surface area contributed by atoms with E-state index in [0.717, 1.165) is 21.1 Å². The minimum atomic E-state index is -0.101. The van der Waals surface area contributed by atoms with Crippen molar-refractivity contribution in [1.82, 2.24) is 5.16 Å². The van der Waals surface area contributed by atoms with Crippen LogP contribution in [0.2, 0.25) is 0 Å². The van der Waals surface area contributed by atoms with E-state index in [1.807, 2.05) is 25.1 Å². The van der Waals surface area contributed by atoms with Gasteiger partial charge < -0.3 is 10.3 Å². The molecule has 1 aromatic carbocycles. The molecule has 1 aromatic heterocycles. The van der Waals surface area contributed by atoms with E-state index in [2.05, 4.69) is 21.1 Å². The number of aromatic nitrogens is 1. The first-order valence-corrected chi connectivity index (χ1v) is 4.78. The average Bonchev–Trinajstić information content (AvgIpc) is 2.46. The fraction of sp³-hybridized carbons (Fsp3) is 0.222. The third-order valence-electron chi connectivity index (χ3n) is 1.89. The molecule has 0 aliphatic heterocycles. The summed E-state index contributed by atoms with van der Waals surface area (Å²) in [6.45, 7) is 1.89. The van der Waals surface area contributed by atoms with Gasteiger partial charge in [0.05, 0.1) is 0 Å². The molecule has 0 fully saturated rings. The molecule has 1 heterocycles.